The number of aromatic nitrogens is 2. The van der Waals surface area contributed by atoms with Gasteiger partial charge in [0.1, 0.15) is 11.4 Å². The highest BCUT2D eigenvalue weighted by Gasteiger charge is 2.46. The van der Waals surface area contributed by atoms with Crippen molar-refractivity contribution >= 4 is 21.8 Å². The van der Waals surface area contributed by atoms with Gasteiger partial charge in [-0.05, 0) is 61.8 Å². The van der Waals surface area contributed by atoms with E-state index in [2.05, 4.69) is 15.1 Å². The molecule has 5 rings (SSSR count). The minimum atomic E-state index is -4.46. The lowest BCUT2D eigenvalue weighted by Crippen LogP contribution is -2.53. The Balaban J connectivity index is 1.45. The lowest BCUT2D eigenvalue weighted by atomic mass is 9.71. The molecule has 1 aromatic heterocycles. The highest BCUT2D eigenvalue weighted by atomic mass is 32.2. The van der Waals surface area contributed by atoms with Crippen LogP contribution in [0.3, 0.4) is 0 Å². The van der Waals surface area contributed by atoms with Gasteiger partial charge in [-0.1, -0.05) is 18.9 Å². The van der Waals surface area contributed by atoms with Crippen molar-refractivity contribution in [2.24, 2.45) is 5.92 Å². The van der Waals surface area contributed by atoms with E-state index in [4.69, 9.17) is 9.47 Å². The fraction of sp³-hybridized carbons (Fsp3) is 0.593. The second-order valence-electron chi connectivity index (χ2n) is 10.9. The van der Waals surface area contributed by atoms with Crippen molar-refractivity contribution in [2.75, 3.05) is 25.6 Å². The number of rotatable bonds is 11. The van der Waals surface area contributed by atoms with E-state index in [1.54, 1.807) is 19.1 Å². The van der Waals surface area contributed by atoms with E-state index in [0.717, 1.165) is 30.4 Å². The van der Waals surface area contributed by atoms with Gasteiger partial charge in [0.25, 0.3) is 11.8 Å². The van der Waals surface area contributed by atoms with E-state index >= 15 is 0 Å². The highest BCUT2D eigenvalue weighted by Crippen LogP contribution is 2.43. The summed E-state index contributed by atoms with van der Waals surface area (Å²) in [6, 6.07) is 4.71. The zero-order valence-corrected chi connectivity index (χ0v) is 23.5. The molecule has 1 atom stereocenters. The van der Waals surface area contributed by atoms with Gasteiger partial charge in [-0.2, -0.15) is 18.3 Å². The number of carbonyl (C=O) groups excluding carboxylic acids is 2. The molecule has 2 aliphatic carbocycles. The van der Waals surface area contributed by atoms with Gasteiger partial charge in [-0.15, -0.1) is 0 Å². The molecule has 2 heterocycles. The third-order valence-corrected chi connectivity index (χ3v) is 8.93. The fourth-order valence-electron chi connectivity index (χ4n) is 5.67. The molecule has 2 N–H and O–H groups in total. The molecule has 2 amide bonds. The first-order valence-electron chi connectivity index (χ1n) is 13.8. The van der Waals surface area contributed by atoms with Crippen molar-refractivity contribution in [1.29, 1.82) is 0 Å². The molecule has 1 spiro atoms. The summed E-state index contributed by atoms with van der Waals surface area (Å²) in [6.07, 6.45) is 0.510. The van der Waals surface area contributed by atoms with E-state index in [0.29, 0.717) is 44.0 Å². The molecule has 0 bridgehead atoms. The third kappa shape index (κ3) is 6.69. The number of halogens is 3. The van der Waals surface area contributed by atoms with Crippen LogP contribution in [0.25, 0.3) is 0 Å². The molecule has 0 unspecified atom stereocenters. The standard InChI is InChI=1S/C27H33F3N4O6S/c1-2-39-12-13-41(37,38)33-25(36)23-22-21(32-34(23)11-9-17-5-6-17)15-26(31-24(22)35)10-3-4-18-14-19(7-8-20(18)26)40-16-27(28,29)30/h7-8,14,17H,2-6,9-13,15-16H2,1H3,(H,31,35)(H,33,36)/t26-/m0/s1. The summed E-state index contributed by atoms with van der Waals surface area (Å²) in [5.41, 5.74) is 0.992. The van der Waals surface area contributed by atoms with Crippen molar-refractivity contribution in [3.8, 4) is 5.75 Å². The van der Waals surface area contributed by atoms with Gasteiger partial charge in [-0.3, -0.25) is 14.3 Å². The molecule has 224 valence electrons. The lowest BCUT2D eigenvalue weighted by Gasteiger charge is -2.42. The minimum absolute atomic E-state index is 0.0428. The Bertz CT molecular complexity index is 1440. The monoisotopic (exact) mass is 598 g/mol. The predicted molar refractivity (Wildman–Crippen MR) is 141 cm³/mol. The average Bonchev–Trinajstić information content (AvgIpc) is 3.64. The van der Waals surface area contributed by atoms with Crippen LogP contribution in [0.2, 0.25) is 0 Å². The van der Waals surface area contributed by atoms with Crippen LogP contribution >= 0.6 is 0 Å². The Kier molecular flexibility index (Phi) is 8.07. The predicted octanol–water partition coefficient (Wildman–Crippen LogP) is 3.24. The molecule has 2 aromatic rings. The van der Waals surface area contributed by atoms with Gasteiger partial charge < -0.3 is 14.8 Å². The third-order valence-electron chi connectivity index (χ3n) is 7.73. The largest absolute Gasteiger partial charge is 0.484 e. The average molecular weight is 599 g/mol. The summed E-state index contributed by atoms with van der Waals surface area (Å²) >= 11 is 0. The van der Waals surface area contributed by atoms with Gasteiger partial charge in [0.05, 0.1) is 29.2 Å². The maximum absolute atomic E-state index is 13.7. The van der Waals surface area contributed by atoms with Crippen LogP contribution < -0.4 is 14.8 Å². The van der Waals surface area contributed by atoms with Crippen LogP contribution in [-0.2, 0) is 39.7 Å². The van der Waals surface area contributed by atoms with E-state index < -0.39 is 45.9 Å². The molecule has 0 radical (unpaired) electrons. The summed E-state index contributed by atoms with van der Waals surface area (Å²) in [4.78, 5) is 27.0. The normalized spacial score (nSPS) is 20.3. The van der Waals surface area contributed by atoms with Gasteiger partial charge in [0.15, 0.2) is 6.61 Å². The van der Waals surface area contributed by atoms with Crippen LogP contribution in [0, 0.1) is 5.92 Å². The molecule has 41 heavy (non-hydrogen) atoms. The number of sulfonamides is 1. The van der Waals surface area contributed by atoms with Crippen molar-refractivity contribution in [1.82, 2.24) is 19.8 Å². The number of fused-ring (bicyclic) bond motifs is 3. The van der Waals surface area contributed by atoms with Crippen molar-refractivity contribution < 1.29 is 40.7 Å². The molecule has 1 saturated carbocycles. The summed E-state index contributed by atoms with van der Waals surface area (Å²) < 4.78 is 76.6. The van der Waals surface area contributed by atoms with Crippen molar-refractivity contribution in [2.45, 2.75) is 70.1 Å². The second kappa shape index (κ2) is 11.3. The summed E-state index contributed by atoms with van der Waals surface area (Å²) in [7, 11) is -4.02. The Morgan fingerprint density at radius 3 is 2.78 bits per heavy atom. The maximum Gasteiger partial charge on any atom is 0.422 e. The SMILES string of the molecule is CCOCCS(=O)(=O)NC(=O)c1c2c(nn1CCC1CC1)C[C@]1(CCCc3cc(OCC(F)(F)F)ccc31)NC2=O. The summed E-state index contributed by atoms with van der Waals surface area (Å²) in [6.45, 7) is 0.936. The number of benzene rings is 1. The van der Waals surface area contributed by atoms with Crippen LogP contribution in [0.1, 0.15) is 76.7 Å². The zero-order valence-electron chi connectivity index (χ0n) is 22.7. The molecule has 1 fully saturated rings. The maximum atomic E-state index is 13.7. The number of hydrogen-bond donors (Lipinski definition) is 2. The Hall–Kier alpha value is -3.13. The molecular weight excluding hydrogens is 565 g/mol. The molecule has 3 aliphatic rings. The Morgan fingerprint density at radius 2 is 2.07 bits per heavy atom. The van der Waals surface area contributed by atoms with E-state index in [-0.39, 0.29) is 30.0 Å². The highest BCUT2D eigenvalue weighted by molar-refractivity contribution is 7.90. The second-order valence-corrected chi connectivity index (χ2v) is 12.7. The number of carbonyl (C=O) groups is 2. The Morgan fingerprint density at radius 1 is 1.29 bits per heavy atom. The topological polar surface area (TPSA) is 129 Å². The van der Waals surface area contributed by atoms with E-state index in [9.17, 15) is 31.2 Å². The fourth-order valence-corrected chi connectivity index (χ4v) is 6.49. The van der Waals surface area contributed by atoms with Gasteiger partial charge in [-0.25, -0.2) is 13.1 Å². The van der Waals surface area contributed by atoms with E-state index in [1.165, 1.54) is 10.7 Å². The molecule has 10 nitrogen and oxygen atoms in total. The van der Waals surface area contributed by atoms with Gasteiger partial charge >= 0.3 is 6.18 Å². The smallest absolute Gasteiger partial charge is 0.422 e. The molecule has 1 aromatic carbocycles. The Labute approximate surface area is 236 Å². The molecule has 1 aliphatic heterocycles. The van der Waals surface area contributed by atoms with Crippen LogP contribution in [0.15, 0.2) is 18.2 Å². The van der Waals surface area contributed by atoms with E-state index in [1.807, 2.05) is 0 Å². The first-order chi connectivity index (χ1) is 19.4. The zero-order chi connectivity index (χ0) is 29.4. The first kappa shape index (κ1) is 29.4. The number of aryl methyl sites for hydroxylation is 2. The molecule has 0 saturated heterocycles. The molecular formula is C27H33F3N4O6S. The van der Waals surface area contributed by atoms with Crippen LogP contribution in [-0.4, -0.2) is 61.8 Å². The summed E-state index contributed by atoms with van der Waals surface area (Å²) in [5.74, 6) is -1.29. The summed E-state index contributed by atoms with van der Waals surface area (Å²) in [5, 5.41) is 7.70. The number of ether oxygens (including phenoxy) is 2. The lowest BCUT2D eigenvalue weighted by molar-refractivity contribution is -0.153. The molecule has 14 heteroatoms. The van der Waals surface area contributed by atoms with Gasteiger partial charge in [0, 0.05) is 19.6 Å². The number of amides is 2. The first-order valence-corrected chi connectivity index (χ1v) is 15.4. The van der Waals surface area contributed by atoms with Crippen LogP contribution in [0.4, 0.5) is 13.2 Å². The number of alkyl halides is 3. The number of hydrogen-bond acceptors (Lipinski definition) is 7. The number of nitrogens with one attached hydrogen (secondary N) is 2. The quantitative estimate of drug-likeness (QED) is 0.380. The van der Waals surface area contributed by atoms with Gasteiger partial charge in [0.2, 0.25) is 10.0 Å². The van der Waals surface area contributed by atoms with Crippen LogP contribution in [0.5, 0.6) is 5.75 Å². The minimum Gasteiger partial charge on any atom is -0.484 e. The van der Waals surface area contributed by atoms with Crippen molar-refractivity contribution in [3.05, 3.63) is 46.3 Å². The van der Waals surface area contributed by atoms with Crippen molar-refractivity contribution in [3.63, 3.8) is 0 Å². The number of nitrogens with zero attached hydrogens (tertiary/aromatic N) is 2.